The SMILES string of the molecule is C#[N+][C@@H]1C[C@@]2(CN1C(=O)[C@H](Cc1ccccc1)NC(=O)[C@@H](NC(=O)C(F)(F)F)C(C)(C)C)C(=O)Nc1ccc(F)cc12. The lowest BCUT2D eigenvalue weighted by molar-refractivity contribution is -0.175. The van der Waals surface area contributed by atoms with Crippen LogP contribution in [0.4, 0.5) is 23.2 Å². The van der Waals surface area contributed by atoms with Crippen LogP contribution < -0.4 is 16.0 Å². The van der Waals surface area contributed by atoms with E-state index in [1.807, 2.05) is 0 Å². The summed E-state index contributed by atoms with van der Waals surface area (Å²) in [5.41, 5.74) is -1.20. The molecule has 0 unspecified atom stereocenters. The van der Waals surface area contributed by atoms with E-state index < -0.39 is 64.7 Å². The lowest BCUT2D eigenvalue weighted by Crippen LogP contribution is -2.60. The van der Waals surface area contributed by atoms with Crippen LogP contribution in [0.1, 0.15) is 38.3 Å². The fourth-order valence-corrected chi connectivity index (χ4v) is 5.38. The van der Waals surface area contributed by atoms with E-state index in [4.69, 9.17) is 6.57 Å². The van der Waals surface area contributed by atoms with Crippen molar-refractivity contribution in [1.82, 2.24) is 15.5 Å². The largest absolute Gasteiger partial charge is 0.471 e. The minimum atomic E-state index is -5.24. The average Bonchev–Trinajstić information content (AvgIpc) is 3.43. The van der Waals surface area contributed by atoms with Crippen molar-refractivity contribution in [3.8, 4) is 6.57 Å². The van der Waals surface area contributed by atoms with Gasteiger partial charge in [0.05, 0.1) is 6.42 Å². The number of nitrogens with one attached hydrogen (secondary N) is 3. The highest BCUT2D eigenvalue weighted by Crippen LogP contribution is 2.47. The number of likely N-dealkylation sites (tertiary alicyclic amines) is 1. The van der Waals surface area contributed by atoms with Gasteiger partial charge >= 0.3 is 18.2 Å². The van der Waals surface area contributed by atoms with Crippen LogP contribution in [0.15, 0.2) is 48.5 Å². The van der Waals surface area contributed by atoms with E-state index in [0.717, 1.165) is 0 Å². The minimum Gasteiger partial charge on any atom is -0.342 e. The molecule has 2 aliphatic heterocycles. The molecule has 1 fully saturated rings. The Morgan fingerprint density at radius 1 is 1.12 bits per heavy atom. The molecule has 2 aromatic carbocycles. The first-order valence-electron chi connectivity index (χ1n) is 13.1. The Kier molecular flexibility index (Phi) is 8.04. The predicted molar refractivity (Wildman–Crippen MR) is 145 cm³/mol. The molecule has 3 N–H and O–H groups in total. The second-order valence-corrected chi connectivity index (χ2v) is 11.5. The Balaban J connectivity index is 1.67. The second-order valence-electron chi connectivity index (χ2n) is 11.5. The summed E-state index contributed by atoms with van der Waals surface area (Å²) >= 11 is 0. The standard InChI is InChI=1S/C29H29F4N5O4/c1-27(2,3)22(37-26(42)29(31,32)33)23(39)35-20(12-16-8-6-5-7-9-16)24(40)38-15-28(14-21(38)34-4)18-13-17(30)10-11-19(18)36-25(28)41/h4-11,13,20-22H,12,14-15H2,1-3H3,(H2-,35,36,37,39,41,42)/p+1/t20-,21-,22+,28-/m0/s1. The maximum Gasteiger partial charge on any atom is 0.471 e. The third kappa shape index (κ3) is 5.93. The number of halogens is 4. The van der Waals surface area contributed by atoms with Gasteiger partial charge in [-0.2, -0.15) is 13.2 Å². The summed E-state index contributed by atoms with van der Waals surface area (Å²) in [6.07, 6.45) is -6.40. The smallest absolute Gasteiger partial charge is 0.342 e. The van der Waals surface area contributed by atoms with E-state index in [9.17, 15) is 36.7 Å². The summed E-state index contributed by atoms with van der Waals surface area (Å²) < 4.78 is 53.3. The van der Waals surface area contributed by atoms with Gasteiger partial charge < -0.3 is 16.0 Å². The number of nitrogens with zero attached hydrogens (tertiary/aromatic N) is 2. The molecule has 2 heterocycles. The first-order chi connectivity index (χ1) is 19.6. The molecule has 222 valence electrons. The number of hydrogen-bond donors (Lipinski definition) is 3. The van der Waals surface area contributed by atoms with Crippen molar-refractivity contribution in [2.24, 2.45) is 5.41 Å². The summed E-state index contributed by atoms with van der Waals surface area (Å²) in [5.74, 6) is -5.09. The van der Waals surface area contributed by atoms with Crippen molar-refractivity contribution in [1.29, 1.82) is 0 Å². The molecule has 0 bridgehead atoms. The summed E-state index contributed by atoms with van der Waals surface area (Å²) in [7, 11) is 0. The van der Waals surface area contributed by atoms with E-state index in [0.29, 0.717) is 16.8 Å². The van der Waals surface area contributed by atoms with Crippen LogP contribution >= 0.6 is 0 Å². The molecule has 4 rings (SSSR count). The summed E-state index contributed by atoms with van der Waals surface area (Å²) in [4.78, 5) is 57.4. The van der Waals surface area contributed by atoms with Gasteiger partial charge in [0.25, 0.3) is 12.5 Å². The molecule has 4 amide bonds. The lowest BCUT2D eigenvalue weighted by Gasteiger charge is -2.32. The Hall–Kier alpha value is -4.47. The maximum absolute atomic E-state index is 14.2. The van der Waals surface area contributed by atoms with E-state index in [-0.39, 0.29) is 19.4 Å². The number of amides is 4. The Morgan fingerprint density at radius 3 is 2.38 bits per heavy atom. The summed E-state index contributed by atoms with van der Waals surface area (Å²) in [5, 5.41) is 6.94. The van der Waals surface area contributed by atoms with Crippen molar-refractivity contribution >= 4 is 29.3 Å². The highest BCUT2D eigenvalue weighted by molar-refractivity contribution is 6.07. The molecule has 2 aliphatic rings. The number of rotatable bonds is 6. The normalized spacial score (nSPS) is 21.2. The quantitative estimate of drug-likeness (QED) is 0.450. The van der Waals surface area contributed by atoms with Crippen LogP contribution in [0.5, 0.6) is 0 Å². The van der Waals surface area contributed by atoms with Crippen LogP contribution in [0, 0.1) is 17.8 Å². The molecule has 1 saturated heterocycles. The molecule has 9 nitrogen and oxygen atoms in total. The van der Waals surface area contributed by atoms with E-state index in [2.05, 4.69) is 15.5 Å². The van der Waals surface area contributed by atoms with Crippen LogP contribution in [0.25, 0.3) is 4.85 Å². The van der Waals surface area contributed by atoms with Crippen molar-refractivity contribution in [3.05, 3.63) is 70.3 Å². The van der Waals surface area contributed by atoms with Crippen LogP contribution in [-0.2, 0) is 31.0 Å². The van der Waals surface area contributed by atoms with Crippen molar-refractivity contribution < 1.29 is 36.7 Å². The number of fused-ring (bicyclic) bond motifs is 2. The molecule has 0 aliphatic carbocycles. The number of anilines is 1. The number of benzene rings is 2. The first-order valence-corrected chi connectivity index (χ1v) is 13.1. The van der Waals surface area contributed by atoms with E-state index >= 15 is 0 Å². The topological polar surface area (TPSA) is 112 Å². The maximum atomic E-state index is 14.2. The van der Waals surface area contributed by atoms with Crippen LogP contribution in [0.3, 0.4) is 0 Å². The molecule has 13 heteroatoms. The van der Waals surface area contributed by atoms with Gasteiger partial charge in [-0.3, -0.25) is 24.1 Å². The van der Waals surface area contributed by atoms with Gasteiger partial charge in [0.15, 0.2) is 0 Å². The van der Waals surface area contributed by atoms with Gasteiger partial charge in [-0.15, -0.1) is 0 Å². The lowest BCUT2D eigenvalue weighted by atomic mass is 9.80. The molecular formula is C29H30F4N5O4+. The zero-order chi connectivity index (χ0) is 31.0. The average molecular weight is 589 g/mol. The Bertz CT molecular complexity index is 1450. The molecule has 2 aromatic rings. The van der Waals surface area contributed by atoms with Gasteiger partial charge in [0.1, 0.15) is 23.3 Å². The van der Waals surface area contributed by atoms with Gasteiger partial charge in [0, 0.05) is 18.7 Å². The summed E-state index contributed by atoms with van der Waals surface area (Å²) in [6.45, 7) is 9.79. The van der Waals surface area contributed by atoms with Gasteiger partial charge in [-0.25, -0.2) is 4.39 Å². The van der Waals surface area contributed by atoms with Crippen LogP contribution in [0.2, 0.25) is 0 Å². The molecule has 0 aromatic heterocycles. The summed E-state index contributed by atoms with van der Waals surface area (Å²) in [6, 6.07) is 9.34. The molecule has 0 saturated carbocycles. The van der Waals surface area contributed by atoms with Gasteiger partial charge in [-0.1, -0.05) is 55.9 Å². The monoisotopic (exact) mass is 588 g/mol. The van der Waals surface area contributed by atoms with Crippen molar-refractivity contribution in [3.63, 3.8) is 0 Å². The first kappa shape index (κ1) is 30.5. The molecular weight excluding hydrogens is 558 g/mol. The number of hydrogen-bond acceptors (Lipinski definition) is 4. The zero-order valence-electron chi connectivity index (χ0n) is 23.1. The number of alkyl halides is 3. The predicted octanol–water partition coefficient (Wildman–Crippen LogP) is 3.36. The molecule has 42 heavy (non-hydrogen) atoms. The third-order valence-corrected chi connectivity index (χ3v) is 7.52. The molecule has 0 radical (unpaired) electrons. The Labute approximate surface area is 239 Å². The second kappa shape index (κ2) is 11.1. The highest BCUT2D eigenvalue weighted by atomic mass is 19.4. The number of carbonyl (C=O) groups excluding carboxylic acids is 4. The highest BCUT2D eigenvalue weighted by Gasteiger charge is 2.60. The van der Waals surface area contributed by atoms with E-state index in [1.165, 1.54) is 43.9 Å². The number of carbonyl (C=O) groups is 4. The van der Waals surface area contributed by atoms with E-state index in [1.54, 1.807) is 35.6 Å². The molecule has 4 atom stereocenters. The van der Waals surface area contributed by atoms with Crippen LogP contribution in [-0.4, -0.2) is 59.5 Å². The van der Waals surface area contributed by atoms with Gasteiger partial charge in [-0.05, 0) is 34.7 Å². The minimum absolute atomic E-state index is 0.0597. The van der Waals surface area contributed by atoms with Crippen molar-refractivity contribution in [2.75, 3.05) is 11.9 Å². The third-order valence-electron chi connectivity index (χ3n) is 7.52. The fourth-order valence-electron chi connectivity index (χ4n) is 5.38. The molecule has 1 spiro atoms. The fraction of sp³-hybridized carbons (Fsp3) is 0.414. The van der Waals surface area contributed by atoms with Crippen molar-refractivity contribution in [2.45, 2.75) is 63.5 Å². The Morgan fingerprint density at radius 2 is 1.79 bits per heavy atom. The zero-order valence-corrected chi connectivity index (χ0v) is 23.1. The van der Waals surface area contributed by atoms with Gasteiger partial charge in [0.2, 0.25) is 11.8 Å².